The van der Waals surface area contributed by atoms with Crippen molar-refractivity contribution in [1.82, 2.24) is 20.2 Å². The molecular weight excluding hydrogens is 410 g/mol. The second-order valence-corrected chi connectivity index (χ2v) is 8.25. The van der Waals surface area contributed by atoms with Crippen molar-refractivity contribution in [3.63, 3.8) is 0 Å². The molecule has 4 aliphatic heterocycles. The fourth-order valence-corrected chi connectivity index (χ4v) is 4.35. The highest BCUT2D eigenvalue weighted by Crippen LogP contribution is 2.37. The van der Waals surface area contributed by atoms with Crippen LogP contribution in [-0.4, -0.2) is 78.3 Å². The molecule has 0 aliphatic carbocycles. The Hall–Kier alpha value is -3.53. The highest BCUT2D eigenvalue weighted by Gasteiger charge is 2.36. The van der Waals surface area contributed by atoms with Gasteiger partial charge in [0.25, 0.3) is 5.91 Å². The lowest BCUT2D eigenvalue weighted by molar-refractivity contribution is -0.123. The maximum absolute atomic E-state index is 12.7. The van der Waals surface area contributed by atoms with Gasteiger partial charge in [0.15, 0.2) is 6.61 Å². The lowest BCUT2D eigenvalue weighted by atomic mass is 10.0. The molecule has 4 bridgehead atoms. The number of aliphatic imine (C=N–C) groups is 1. The number of aromatic nitrogens is 2. The summed E-state index contributed by atoms with van der Waals surface area (Å²) in [5, 5.41) is 5.85. The van der Waals surface area contributed by atoms with Crippen LogP contribution in [0, 0.1) is 0 Å². The topological polar surface area (TPSA) is 112 Å². The van der Waals surface area contributed by atoms with E-state index in [-0.39, 0.29) is 24.5 Å². The van der Waals surface area contributed by atoms with E-state index in [4.69, 9.17) is 4.74 Å². The van der Waals surface area contributed by atoms with Crippen LogP contribution in [0.4, 0.5) is 17.3 Å². The van der Waals surface area contributed by atoms with E-state index >= 15 is 0 Å². The third-order valence-electron chi connectivity index (χ3n) is 5.87. The van der Waals surface area contributed by atoms with E-state index < -0.39 is 5.92 Å². The number of amides is 2. The first-order valence-electron chi connectivity index (χ1n) is 10.8. The molecule has 1 saturated heterocycles. The summed E-state index contributed by atoms with van der Waals surface area (Å²) < 4.78 is 5.65. The normalized spacial score (nSPS) is 25.3. The average molecular weight is 435 g/mol. The number of benzene rings is 1. The van der Waals surface area contributed by atoms with Crippen LogP contribution in [0.5, 0.6) is 5.75 Å². The quantitative estimate of drug-likeness (QED) is 0.633. The summed E-state index contributed by atoms with van der Waals surface area (Å²) in [5.41, 5.74) is 1.40. The zero-order chi connectivity index (χ0) is 22.1. The van der Waals surface area contributed by atoms with Crippen molar-refractivity contribution in [1.29, 1.82) is 0 Å². The molecule has 10 nitrogen and oxygen atoms in total. The second kappa shape index (κ2) is 8.54. The van der Waals surface area contributed by atoms with Gasteiger partial charge in [0, 0.05) is 51.0 Å². The lowest BCUT2D eigenvalue weighted by Gasteiger charge is -2.37. The molecule has 0 spiro atoms. The van der Waals surface area contributed by atoms with Crippen molar-refractivity contribution >= 4 is 35.4 Å². The molecule has 166 valence electrons. The molecule has 1 unspecified atom stereocenters. The van der Waals surface area contributed by atoms with Gasteiger partial charge in [0.1, 0.15) is 29.6 Å². The van der Waals surface area contributed by atoms with Crippen LogP contribution < -0.4 is 20.3 Å². The first-order valence-corrected chi connectivity index (χ1v) is 10.8. The summed E-state index contributed by atoms with van der Waals surface area (Å²) in [6.07, 6.45) is 3.12. The number of hydrogen-bond donors (Lipinski definition) is 2. The summed E-state index contributed by atoms with van der Waals surface area (Å²) in [4.78, 5) is 42.8. The van der Waals surface area contributed by atoms with Gasteiger partial charge in [0.2, 0.25) is 5.91 Å². The summed E-state index contributed by atoms with van der Waals surface area (Å²) >= 11 is 0. The number of nitrogens with zero attached hydrogens (tertiary/aromatic N) is 5. The molecule has 0 radical (unpaired) electrons. The van der Waals surface area contributed by atoms with Gasteiger partial charge in [-0.1, -0.05) is 6.07 Å². The minimum absolute atomic E-state index is 0.00182. The van der Waals surface area contributed by atoms with E-state index in [1.54, 1.807) is 24.4 Å². The van der Waals surface area contributed by atoms with Crippen molar-refractivity contribution in [2.24, 2.45) is 4.99 Å². The third-order valence-corrected chi connectivity index (χ3v) is 5.87. The molecule has 2 amide bonds. The maximum Gasteiger partial charge on any atom is 0.258 e. The molecule has 1 aromatic heterocycles. The van der Waals surface area contributed by atoms with Crippen LogP contribution in [0.1, 0.15) is 18.4 Å². The molecule has 4 aliphatic rings. The SMILES string of the molecule is C[C@H]1CN2CCN(CC2)c2ncnc3c2C(C=Nc2cccc(c2)OCC(=O)N1)C(=O)N3. The van der Waals surface area contributed by atoms with Crippen LogP contribution >= 0.6 is 0 Å². The summed E-state index contributed by atoms with van der Waals surface area (Å²) in [6, 6.07) is 7.14. The van der Waals surface area contributed by atoms with Crippen LogP contribution in [0.25, 0.3) is 0 Å². The Bertz CT molecular complexity index is 1070. The monoisotopic (exact) mass is 435 g/mol. The van der Waals surface area contributed by atoms with Gasteiger partial charge in [-0.25, -0.2) is 9.97 Å². The van der Waals surface area contributed by atoms with Crippen LogP contribution in [-0.2, 0) is 9.59 Å². The standard InChI is InChI=1S/C22H25N7O3/c1-14-11-28-5-7-29(8-6-28)21-19-17(22(31)27-20(19)24-13-25-21)10-23-15-3-2-4-16(9-15)32-12-18(30)26-14/h2-4,9-10,13-14,17H,5-8,11-12H2,1H3,(H,26,30)(H,24,25,27,31)/t14-,17?/m0/s1. The Morgan fingerprint density at radius 3 is 2.81 bits per heavy atom. The minimum Gasteiger partial charge on any atom is -0.484 e. The third kappa shape index (κ3) is 4.13. The largest absolute Gasteiger partial charge is 0.484 e. The van der Waals surface area contributed by atoms with Crippen LogP contribution in [0.3, 0.4) is 0 Å². The number of nitrogens with one attached hydrogen (secondary N) is 2. The van der Waals surface area contributed by atoms with Gasteiger partial charge in [-0.05, 0) is 19.1 Å². The fraction of sp³-hybridized carbons (Fsp3) is 0.409. The van der Waals surface area contributed by atoms with Crippen molar-refractivity contribution < 1.29 is 14.3 Å². The Labute approximate surface area is 185 Å². The number of anilines is 2. The van der Waals surface area contributed by atoms with Crippen LogP contribution in [0.2, 0.25) is 0 Å². The number of hydrogen-bond acceptors (Lipinski definition) is 8. The summed E-state index contributed by atoms with van der Waals surface area (Å²) in [7, 11) is 0. The minimum atomic E-state index is -0.575. The fourth-order valence-electron chi connectivity index (χ4n) is 4.35. The number of carbonyl (C=O) groups excluding carboxylic acids is 2. The Balaban J connectivity index is 1.50. The zero-order valence-electron chi connectivity index (χ0n) is 17.8. The predicted octanol–water partition coefficient (Wildman–Crippen LogP) is 0.934. The molecule has 32 heavy (non-hydrogen) atoms. The lowest BCUT2D eigenvalue weighted by Crippen LogP contribution is -2.51. The van der Waals surface area contributed by atoms with Gasteiger partial charge >= 0.3 is 0 Å². The molecule has 1 fully saturated rings. The molecule has 6 rings (SSSR count). The van der Waals surface area contributed by atoms with E-state index in [2.05, 4.69) is 35.4 Å². The Kier molecular flexibility index (Phi) is 5.44. The molecule has 2 atom stereocenters. The number of rotatable bonds is 0. The van der Waals surface area contributed by atoms with Crippen molar-refractivity contribution in [2.45, 2.75) is 18.9 Å². The van der Waals surface area contributed by atoms with E-state index in [0.717, 1.165) is 44.1 Å². The molecule has 10 heteroatoms. The smallest absolute Gasteiger partial charge is 0.258 e. The molecule has 2 aromatic rings. The van der Waals surface area contributed by atoms with Gasteiger partial charge in [-0.2, -0.15) is 0 Å². The Morgan fingerprint density at radius 2 is 1.97 bits per heavy atom. The average Bonchev–Trinajstić information content (AvgIpc) is 3.11. The van der Waals surface area contributed by atoms with Crippen molar-refractivity contribution in [2.75, 3.05) is 49.5 Å². The zero-order valence-corrected chi connectivity index (χ0v) is 17.8. The summed E-state index contributed by atoms with van der Waals surface area (Å²) in [6.45, 7) is 5.90. The maximum atomic E-state index is 12.7. The molecule has 0 saturated carbocycles. The van der Waals surface area contributed by atoms with Gasteiger partial charge in [-0.3, -0.25) is 19.5 Å². The van der Waals surface area contributed by atoms with Gasteiger partial charge in [0.05, 0.1) is 11.3 Å². The molecular formula is C22H25N7O3. The number of carbonyl (C=O) groups is 2. The van der Waals surface area contributed by atoms with E-state index in [0.29, 0.717) is 17.3 Å². The van der Waals surface area contributed by atoms with Crippen LogP contribution in [0.15, 0.2) is 35.6 Å². The predicted molar refractivity (Wildman–Crippen MR) is 120 cm³/mol. The van der Waals surface area contributed by atoms with E-state index in [1.165, 1.54) is 6.33 Å². The molecule has 1 aromatic carbocycles. The van der Waals surface area contributed by atoms with E-state index in [9.17, 15) is 9.59 Å². The number of piperazine rings is 1. The van der Waals surface area contributed by atoms with Crippen molar-refractivity contribution in [3.05, 3.63) is 36.2 Å². The Morgan fingerprint density at radius 1 is 1.12 bits per heavy atom. The molecule has 2 N–H and O–H groups in total. The highest BCUT2D eigenvalue weighted by atomic mass is 16.5. The van der Waals surface area contributed by atoms with Gasteiger partial charge < -0.3 is 20.3 Å². The summed E-state index contributed by atoms with van der Waals surface area (Å²) in [5.74, 6) is 0.945. The molecule has 5 heterocycles. The van der Waals surface area contributed by atoms with Gasteiger partial charge in [-0.15, -0.1) is 0 Å². The first kappa shape index (κ1) is 20.4. The number of ether oxygens (including phenoxy) is 1. The van der Waals surface area contributed by atoms with Crippen molar-refractivity contribution in [3.8, 4) is 5.75 Å². The van der Waals surface area contributed by atoms with E-state index in [1.807, 2.05) is 13.0 Å². The number of fused-ring (bicyclic) bond motifs is 7. The highest BCUT2D eigenvalue weighted by molar-refractivity contribution is 6.13. The first-order chi connectivity index (χ1) is 15.6. The second-order valence-electron chi connectivity index (χ2n) is 8.25.